The van der Waals surface area contributed by atoms with Gasteiger partial charge in [0.25, 0.3) is 0 Å². The van der Waals surface area contributed by atoms with Gasteiger partial charge in [0.1, 0.15) is 39.2 Å². The molecule has 0 bridgehead atoms. The van der Waals surface area contributed by atoms with Gasteiger partial charge in [-0.05, 0) is 71.8 Å². The maximum atomic E-state index is 2.33. The second-order valence-electron chi connectivity index (χ2n) is 11.4. The van der Waals surface area contributed by atoms with E-state index >= 15 is 0 Å². The van der Waals surface area contributed by atoms with E-state index in [9.17, 15) is 0 Å². The summed E-state index contributed by atoms with van der Waals surface area (Å²) in [5, 5.41) is 7.77. The summed E-state index contributed by atoms with van der Waals surface area (Å²) in [6.45, 7) is 0. The molecule has 7 aromatic rings. The van der Waals surface area contributed by atoms with Crippen molar-refractivity contribution in [3.8, 4) is 33.4 Å². The van der Waals surface area contributed by atoms with E-state index in [1.807, 2.05) is 0 Å². The van der Waals surface area contributed by atoms with Crippen LogP contribution in [0.4, 0.5) is 0 Å². The molecule has 5 heteroatoms. The van der Waals surface area contributed by atoms with Gasteiger partial charge in [-0.15, -0.1) is 16.4 Å². The highest BCUT2D eigenvalue weighted by atomic mass is 14.2. The first-order chi connectivity index (χ1) is 20.0. The zero-order valence-corrected chi connectivity index (χ0v) is 24.5. The van der Waals surface area contributed by atoms with E-state index in [1.54, 1.807) is 0 Å². The number of benzene rings is 7. The van der Waals surface area contributed by atoms with Crippen LogP contribution in [0, 0.1) is 0 Å². The minimum Gasteiger partial charge on any atom is -0.102 e. The summed E-state index contributed by atoms with van der Waals surface area (Å²) in [6, 6.07) is 42.4. The summed E-state index contributed by atoms with van der Waals surface area (Å²) in [6.07, 6.45) is 0. The fraction of sp³-hybridized carbons (Fsp3) is 0. The minimum absolute atomic E-state index is 1.24. The van der Waals surface area contributed by atoms with Crippen molar-refractivity contribution in [3.05, 3.63) is 115 Å². The van der Waals surface area contributed by atoms with Crippen LogP contribution < -0.4 is 27.3 Å². The van der Waals surface area contributed by atoms with E-state index in [0.717, 1.165) is 0 Å². The molecule has 188 valence electrons. The second kappa shape index (κ2) is 9.93. The van der Waals surface area contributed by atoms with E-state index in [0.29, 0.717) is 0 Å². The predicted octanol–water partition coefficient (Wildman–Crippen LogP) is 1.44. The van der Waals surface area contributed by atoms with E-state index in [1.165, 1.54) is 93.0 Å². The van der Waals surface area contributed by atoms with Gasteiger partial charge in [-0.1, -0.05) is 120 Å². The molecule has 0 aromatic heterocycles. The normalized spacial score (nSPS) is 11.4. The Morgan fingerprint density at radius 1 is 0.317 bits per heavy atom. The largest absolute Gasteiger partial charge is 0.139 e. The highest BCUT2D eigenvalue weighted by molar-refractivity contribution is 6.69. The van der Waals surface area contributed by atoms with Gasteiger partial charge in [-0.3, -0.25) is 0 Å². The summed E-state index contributed by atoms with van der Waals surface area (Å²) >= 11 is 0. The Labute approximate surface area is 246 Å². The molecule has 41 heavy (non-hydrogen) atoms. The van der Waals surface area contributed by atoms with E-state index in [-0.39, 0.29) is 0 Å². The quantitative estimate of drug-likeness (QED) is 0.247. The van der Waals surface area contributed by atoms with Crippen LogP contribution in [0.15, 0.2) is 115 Å². The second-order valence-corrected chi connectivity index (χ2v) is 11.4. The van der Waals surface area contributed by atoms with Gasteiger partial charge in [0.15, 0.2) is 0 Å². The van der Waals surface area contributed by atoms with Gasteiger partial charge in [-0.2, -0.15) is 0 Å². The van der Waals surface area contributed by atoms with E-state index < -0.39 is 0 Å². The molecule has 0 fully saturated rings. The molecule has 0 heterocycles. The van der Waals surface area contributed by atoms with Crippen LogP contribution >= 0.6 is 0 Å². The lowest BCUT2D eigenvalue weighted by Gasteiger charge is -2.24. The molecule has 0 nitrogen and oxygen atoms in total. The zero-order chi connectivity index (χ0) is 28.2. The molecule has 0 aliphatic heterocycles. The molecular weight excluding hydrogens is 486 g/mol. The molecule has 0 spiro atoms. The van der Waals surface area contributed by atoms with Crippen LogP contribution in [0.25, 0.3) is 65.7 Å². The first-order valence-corrected chi connectivity index (χ1v) is 14.5. The Kier molecular flexibility index (Phi) is 6.20. The summed E-state index contributed by atoms with van der Waals surface area (Å²) in [5.41, 5.74) is 14.8. The van der Waals surface area contributed by atoms with Gasteiger partial charge in [0, 0.05) is 0 Å². The van der Waals surface area contributed by atoms with Crippen LogP contribution in [0.2, 0.25) is 0 Å². The Morgan fingerprint density at radius 2 is 0.829 bits per heavy atom. The molecule has 7 rings (SSSR count). The lowest BCUT2D eigenvalue weighted by atomic mass is 9.59. The average molecular weight is 516 g/mol. The number of hydrogen-bond donors (Lipinski definition) is 0. The van der Waals surface area contributed by atoms with Crippen LogP contribution in [-0.2, 0) is 0 Å². The molecule has 0 radical (unpaired) electrons. The third-order valence-corrected chi connectivity index (χ3v) is 9.44. The molecule has 0 N–H and O–H groups in total. The molecule has 0 atom stereocenters. The molecular formula is C36H29B5. The van der Waals surface area contributed by atoms with Crippen LogP contribution in [0.1, 0.15) is 0 Å². The van der Waals surface area contributed by atoms with Gasteiger partial charge < -0.3 is 0 Å². The van der Waals surface area contributed by atoms with Gasteiger partial charge in [-0.25, -0.2) is 0 Å². The fourth-order valence-electron chi connectivity index (χ4n) is 6.87. The lowest BCUT2D eigenvalue weighted by molar-refractivity contribution is 1.64. The highest BCUT2D eigenvalue weighted by Gasteiger charge is 2.21. The molecule has 0 aliphatic carbocycles. The van der Waals surface area contributed by atoms with Gasteiger partial charge in [0.2, 0.25) is 0 Å². The maximum absolute atomic E-state index is 2.33. The SMILES string of the molecule is Bc1c(B)c(B)c(-c2c3ccccc3c(-c3cccc4cc(-c5ccccc5)ccc34)c3ccccc23)c(B)c1B. The maximum Gasteiger partial charge on any atom is 0.139 e. The number of fused-ring (bicyclic) bond motifs is 3. The van der Waals surface area contributed by atoms with Crippen molar-refractivity contribution in [2.45, 2.75) is 0 Å². The molecule has 7 aromatic carbocycles. The highest BCUT2D eigenvalue weighted by Crippen LogP contribution is 2.44. The van der Waals surface area contributed by atoms with Crippen LogP contribution in [0.3, 0.4) is 0 Å². The van der Waals surface area contributed by atoms with Gasteiger partial charge >= 0.3 is 0 Å². The van der Waals surface area contributed by atoms with Crippen molar-refractivity contribution < 1.29 is 0 Å². The van der Waals surface area contributed by atoms with Crippen LogP contribution in [0.5, 0.6) is 0 Å². The van der Waals surface area contributed by atoms with Gasteiger partial charge in [0.05, 0.1) is 0 Å². The fourth-order valence-corrected chi connectivity index (χ4v) is 6.87. The standard InChI is InChI=1S/C36H29B5/c37-32-31(33(38)35(40)36(41)34(32)39)30-27-14-6-4-12-25(27)29(26-13-5-7-15-28(26)30)24-16-8-11-22-19-21(17-18-23(22)24)20-9-2-1-3-10-20/h1-19H,37-41H2. The first kappa shape index (κ1) is 25.6. The van der Waals surface area contributed by atoms with Crippen molar-refractivity contribution >= 4 is 98.9 Å². The summed E-state index contributed by atoms with van der Waals surface area (Å²) in [4.78, 5) is 0. The Morgan fingerprint density at radius 3 is 1.41 bits per heavy atom. The lowest BCUT2D eigenvalue weighted by Crippen LogP contribution is -2.55. The smallest absolute Gasteiger partial charge is 0.102 e. The predicted molar refractivity (Wildman–Crippen MR) is 196 cm³/mol. The van der Waals surface area contributed by atoms with Crippen molar-refractivity contribution in [1.82, 2.24) is 0 Å². The molecule has 0 unspecified atom stereocenters. The number of hydrogen-bond acceptors (Lipinski definition) is 0. The topological polar surface area (TPSA) is 0 Å². The van der Waals surface area contributed by atoms with Crippen molar-refractivity contribution in [1.29, 1.82) is 0 Å². The summed E-state index contributed by atoms with van der Waals surface area (Å²) < 4.78 is 0. The Balaban J connectivity index is 1.59. The molecule has 0 amide bonds. The van der Waals surface area contributed by atoms with Crippen molar-refractivity contribution in [3.63, 3.8) is 0 Å². The van der Waals surface area contributed by atoms with Crippen molar-refractivity contribution in [2.24, 2.45) is 0 Å². The summed E-state index contributed by atoms with van der Waals surface area (Å²) in [5.74, 6) is 0. The number of rotatable bonds is 3. The molecule has 0 saturated carbocycles. The first-order valence-electron chi connectivity index (χ1n) is 14.5. The average Bonchev–Trinajstić information content (AvgIpc) is 3.02. The van der Waals surface area contributed by atoms with E-state index in [2.05, 4.69) is 154 Å². The molecule has 0 aliphatic rings. The van der Waals surface area contributed by atoms with Crippen LogP contribution in [-0.4, -0.2) is 39.2 Å². The molecule has 0 saturated heterocycles. The third kappa shape index (κ3) is 3.98. The Bertz CT molecular complexity index is 2060. The summed E-state index contributed by atoms with van der Waals surface area (Å²) in [7, 11) is 11.4. The van der Waals surface area contributed by atoms with Crippen molar-refractivity contribution in [2.75, 3.05) is 0 Å². The minimum atomic E-state index is 1.24. The zero-order valence-electron chi connectivity index (χ0n) is 24.5. The monoisotopic (exact) mass is 516 g/mol. The van der Waals surface area contributed by atoms with E-state index in [4.69, 9.17) is 0 Å². The third-order valence-electron chi connectivity index (χ3n) is 9.44. The Hall–Kier alpha value is -4.36.